The van der Waals surface area contributed by atoms with Gasteiger partial charge in [0, 0.05) is 18.7 Å². The number of para-hydroxylation sites is 1. The molecule has 1 atom stereocenters. The first-order valence-electron chi connectivity index (χ1n) is 5.60. The molecule has 0 aliphatic carbocycles. The van der Waals surface area contributed by atoms with E-state index in [1.807, 2.05) is 0 Å². The summed E-state index contributed by atoms with van der Waals surface area (Å²) in [6, 6.07) is 3.99. The van der Waals surface area contributed by atoms with Crippen LogP contribution in [0.3, 0.4) is 0 Å². The molecule has 1 N–H and O–H groups in total. The molecule has 0 bridgehead atoms. The number of ether oxygens (including phenoxy) is 2. The minimum absolute atomic E-state index is 0.154. The molecule has 2 rings (SSSR count). The molecule has 6 heteroatoms. The predicted octanol–water partition coefficient (Wildman–Crippen LogP) is 2.37. The Balaban J connectivity index is 2.40. The quantitative estimate of drug-likeness (QED) is 0.886. The van der Waals surface area contributed by atoms with E-state index in [4.69, 9.17) is 9.47 Å². The highest BCUT2D eigenvalue weighted by Gasteiger charge is 2.36. The summed E-state index contributed by atoms with van der Waals surface area (Å²) in [5.74, 6) is -0.154. The lowest BCUT2D eigenvalue weighted by Crippen LogP contribution is -2.33. The predicted molar refractivity (Wildman–Crippen MR) is 59.6 cm³/mol. The standard InChI is InChI=1S/C12H14F3NO2/c1-17-11-8(10-7-16-5-6-18-10)3-2-4-9(11)12(13,14)15/h2-4,10,16H,5-7H2,1H3. The molecule has 1 aromatic rings. The molecule has 0 aromatic heterocycles. The van der Waals surface area contributed by atoms with Crippen molar-refractivity contribution in [2.45, 2.75) is 12.3 Å². The lowest BCUT2D eigenvalue weighted by Gasteiger charge is -2.26. The topological polar surface area (TPSA) is 30.5 Å². The fourth-order valence-corrected chi connectivity index (χ4v) is 2.02. The van der Waals surface area contributed by atoms with Gasteiger partial charge in [-0.25, -0.2) is 0 Å². The van der Waals surface area contributed by atoms with Crippen LogP contribution in [0.1, 0.15) is 17.2 Å². The van der Waals surface area contributed by atoms with Crippen molar-refractivity contribution in [2.75, 3.05) is 26.8 Å². The Morgan fingerprint density at radius 1 is 1.39 bits per heavy atom. The minimum atomic E-state index is -4.43. The third-order valence-corrected chi connectivity index (χ3v) is 2.83. The zero-order valence-corrected chi connectivity index (χ0v) is 9.88. The number of methoxy groups -OCH3 is 1. The van der Waals surface area contributed by atoms with Crippen LogP contribution in [0.25, 0.3) is 0 Å². The molecule has 3 nitrogen and oxygen atoms in total. The SMILES string of the molecule is COc1c(C2CNCCO2)cccc1C(F)(F)F. The Hall–Kier alpha value is -1.27. The van der Waals surface area contributed by atoms with E-state index >= 15 is 0 Å². The van der Waals surface area contributed by atoms with Gasteiger partial charge < -0.3 is 14.8 Å². The van der Waals surface area contributed by atoms with Crippen LogP contribution in [0.4, 0.5) is 13.2 Å². The lowest BCUT2D eigenvalue weighted by atomic mass is 10.0. The summed E-state index contributed by atoms with van der Waals surface area (Å²) < 4.78 is 48.9. The van der Waals surface area contributed by atoms with Crippen LogP contribution in [0.5, 0.6) is 5.75 Å². The van der Waals surface area contributed by atoms with Gasteiger partial charge in [0.05, 0.1) is 25.4 Å². The number of morpholine rings is 1. The first kappa shape index (κ1) is 13.2. The van der Waals surface area contributed by atoms with Crippen LogP contribution >= 0.6 is 0 Å². The van der Waals surface area contributed by atoms with E-state index in [0.29, 0.717) is 25.3 Å². The number of hydrogen-bond acceptors (Lipinski definition) is 3. The molecule has 1 aliphatic heterocycles. The van der Waals surface area contributed by atoms with E-state index < -0.39 is 17.8 Å². The number of benzene rings is 1. The first-order chi connectivity index (χ1) is 8.54. The second-order valence-corrected chi connectivity index (χ2v) is 3.99. The molecule has 1 unspecified atom stereocenters. The van der Waals surface area contributed by atoms with Crippen LogP contribution < -0.4 is 10.1 Å². The van der Waals surface area contributed by atoms with Crippen molar-refractivity contribution in [3.05, 3.63) is 29.3 Å². The van der Waals surface area contributed by atoms with Gasteiger partial charge in [-0.2, -0.15) is 13.2 Å². The van der Waals surface area contributed by atoms with Crippen molar-refractivity contribution in [1.82, 2.24) is 5.32 Å². The average molecular weight is 261 g/mol. The maximum absolute atomic E-state index is 12.8. The number of hydrogen-bond donors (Lipinski definition) is 1. The van der Waals surface area contributed by atoms with Crippen LogP contribution in [-0.2, 0) is 10.9 Å². The highest BCUT2D eigenvalue weighted by Crippen LogP contribution is 2.40. The Kier molecular flexibility index (Phi) is 3.77. The average Bonchev–Trinajstić information content (AvgIpc) is 2.37. The minimum Gasteiger partial charge on any atom is -0.496 e. The fourth-order valence-electron chi connectivity index (χ4n) is 2.02. The molecule has 18 heavy (non-hydrogen) atoms. The normalized spacial score (nSPS) is 20.8. The molecule has 100 valence electrons. The third kappa shape index (κ3) is 2.59. The zero-order chi connectivity index (χ0) is 13.2. The molecule has 1 aliphatic rings. The largest absolute Gasteiger partial charge is 0.496 e. The summed E-state index contributed by atoms with van der Waals surface area (Å²) in [5, 5.41) is 3.08. The molecule has 0 saturated carbocycles. The van der Waals surface area contributed by atoms with Crippen molar-refractivity contribution in [3.8, 4) is 5.75 Å². The first-order valence-corrected chi connectivity index (χ1v) is 5.60. The number of nitrogens with one attached hydrogen (secondary N) is 1. The molecule has 1 aromatic carbocycles. The van der Waals surface area contributed by atoms with Gasteiger partial charge in [0.25, 0.3) is 0 Å². The lowest BCUT2D eigenvalue weighted by molar-refractivity contribution is -0.139. The molecule has 1 saturated heterocycles. The van der Waals surface area contributed by atoms with Gasteiger partial charge in [0.2, 0.25) is 0 Å². The maximum atomic E-state index is 12.8. The van der Waals surface area contributed by atoms with Gasteiger partial charge in [0.15, 0.2) is 0 Å². The Morgan fingerprint density at radius 3 is 2.72 bits per heavy atom. The molecular formula is C12H14F3NO2. The van der Waals surface area contributed by atoms with E-state index in [1.54, 1.807) is 6.07 Å². The van der Waals surface area contributed by atoms with Crippen LogP contribution in [0, 0.1) is 0 Å². The summed E-state index contributed by atoms with van der Waals surface area (Å²) in [4.78, 5) is 0. The Labute approximate surface area is 103 Å². The highest BCUT2D eigenvalue weighted by atomic mass is 19.4. The van der Waals surface area contributed by atoms with Gasteiger partial charge in [0.1, 0.15) is 5.75 Å². The smallest absolute Gasteiger partial charge is 0.419 e. The molecule has 0 amide bonds. The second kappa shape index (κ2) is 5.16. The summed E-state index contributed by atoms with van der Waals surface area (Å²) in [5.41, 5.74) is -0.337. The summed E-state index contributed by atoms with van der Waals surface area (Å²) in [7, 11) is 1.24. The third-order valence-electron chi connectivity index (χ3n) is 2.83. The Morgan fingerprint density at radius 2 is 2.17 bits per heavy atom. The summed E-state index contributed by atoms with van der Waals surface area (Å²) >= 11 is 0. The van der Waals surface area contributed by atoms with Crippen LogP contribution in [0.2, 0.25) is 0 Å². The van der Waals surface area contributed by atoms with E-state index in [9.17, 15) is 13.2 Å². The van der Waals surface area contributed by atoms with E-state index in [-0.39, 0.29) is 5.75 Å². The van der Waals surface area contributed by atoms with Crippen molar-refractivity contribution in [2.24, 2.45) is 0 Å². The molecule has 0 spiro atoms. The Bertz CT molecular complexity index is 414. The van der Waals surface area contributed by atoms with Crippen molar-refractivity contribution in [3.63, 3.8) is 0 Å². The summed E-state index contributed by atoms with van der Waals surface area (Å²) in [6.45, 7) is 1.67. The van der Waals surface area contributed by atoms with Crippen molar-refractivity contribution >= 4 is 0 Å². The van der Waals surface area contributed by atoms with E-state index in [2.05, 4.69) is 5.32 Å². The van der Waals surface area contributed by atoms with Gasteiger partial charge >= 0.3 is 6.18 Å². The second-order valence-electron chi connectivity index (χ2n) is 3.99. The monoisotopic (exact) mass is 261 g/mol. The highest BCUT2D eigenvalue weighted by molar-refractivity contribution is 5.44. The van der Waals surface area contributed by atoms with Gasteiger partial charge in [-0.15, -0.1) is 0 Å². The molecule has 1 fully saturated rings. The van der Waals surface area contributed by atoms with Crippen LogP contribution in [-0.4, -0.2) is 26.8 Å². The van der Waals surface area contributed by atoms with Gasteiger partial charge in [-0.1, -0.05) is 12.1 Å². The van der Waals surface area contributed by atoms with E-state index in [1.165, 1.54) is 13.2 Å². The number of alkyl halides is 3. The number of rotatable bonds is 2. The van der Waals surface area contributed by atoms with Crippen molar-refractivity contribution < 1.29 is 22.6 Å². The van der Waals surface area contributed by atoms with Crippen LogP contribution in [0.15, 0.2) is 18.2 Å². The van der Waals surface area contributed by atoms with E-state index in [0.717, 1.165) is 6.07 Å². The number of halogens is 3. The van der Waals surface area contributed by atoms with Gasteiger partial charge in [-0.3, -0.25) is 0 Å². The van der Waals surface area contributed by atoms with Crippen molar-refractivity contribution in [1.29, 1.82) is 0 Å². The molecule has 0 radical (unpaired) electrons. The molecular weight excluding hydrogens is 247 g/mol. The molecule has 1 heterocycles. The fraction of sp³-hybridized carbons (Fsp3) is 0.500. The summed E-state index contributed by atoms with van der Waals surface area (Å²) in [6.07, 6.45) is -4.83. The van der Waals surface area contributed by atoms with Gasteiger partial charge in [-0.05, 0) is 6.07 Å². The maximum Gasteiger partial charge on any atom is 0.419 e. The zero-order valence-electron chi connectivity index (χ0n) is 9.88.